The molecule has 0 spiro atoms. The van der Waals surface area contributed by atoms with Crippen molar-refractivity contribution in [2.24, 2.45) is 0 Å². The Labute approximate surface area is 344 Å². The lowest BCUT2D eigenvalue weighted by molar-refractivity contribution is -0.304. The van der Waals surface area contributed by atoms with E-state index in [-0.39, 0.29) is 51.6 Å². The maximum Gasteiger partial charge on any atom is 0.407 e. The SMILES string of the molecule is CC(=O)OC[C@H]1O[C@@H](OC(C)=O)[C@H](OC(C)=O)[C@@H](OC(C)=O)[C@@H]1OCCn1cc(CCC(=O)N(CCNC(=O)OCC2c3ccccc3-c3ccccc32)CC(=O)O)nn1. The van der Waals surface area contributed by atoms with Gasteiger partial charge in [0.2, 0.25) is 18.3 Å². The van der Waals surface area contributed by atoms with Crippen LogP contribution in [0, 0.1) is 0 Å². The largest absolute Gasteiger partial charge is 0.480 e. The third-order valence-electron chi connectivity index (χ3n) is 9.41. The summed E-state index contributed by atoms with van der Waals surface area (Å²) in [7, 11) is 0. The molecule has 322 valence electrons. The number of amides is 2. The molecule has 2 heterocycles. The number of aliphatic carboxylic acids is 1. The van der Waals surface area contributed by atoms with Crippen molar-refractivity contribution in [3.8, 4) is 11.1 Å². The van der Waals surface area contributed by atoms with E-state index < -0.39 is 85.7 Å². The van der Waals surface area contributed by atoms with E-state index in [1.165, 1.54) is 11.6 Å². The standard InChI is InChI=1S/C40H47N5O15/c1-23(46)55-22-33-36(37(57-24(2)47)38(58-25(3)48)39(60-33)59-26(4)49)54-18-17-45-19-27(42-43-45)13-14-34(50)44(20-35(51)52)16-15-41-40(53)56-21-32-30-11-7-5-9-28(30)29-10-6-8-12-31(29)32/h5-12,19,32-33,36-39H,13-18,20-22H2,1-4H3,(H,41,53)(H,51,52)/t33-,36-,37+,38-,39-/m1/s1. The van der Waals surface area contributed by atoms with E-state index in [2.05, 4.69) is 15.6 Å². The number of alkyl carbamates (subject to hydrolysis) is 1. The number of aryl methyl sites for hydroxylation is 1. The second-order valence-corrected chi connectivity index (χ2v) is 13.9. The Balaban J connectivity index is 1.12. The Morgan fingerprint density at radius 2 is 1.43 bits per heavy atom. The lowest BCUT2D eigenvalue weighted by Crippen LogP contribution is -2.63. The average molecular weight is 838 g/mol. The second kappa shape index (κ2) is 21.0. The van der Waals surface area contributed by atoms with Crippen molar-refractivity contribution in [1.29, 1.82) is 0 Å². The molecule has 1 aliphatic carbocycles. The number of carboxylic acids is 1. The van der Waals surface area contributed by atoms with E-state index in [0.29, 0.717) is 5.69 Å². The lowest BCUT2D eigenvalue weighted by Gasteiger charge is -2.44. The summed E-state index contributed by atoms with van der Waals surface area (Å²) in [5, 5.41) is 20.2. The molecule has 2 amide bonds. The number of carboxylic acid groups (broad SMARTS) is 1. The molecule has 2 aromatic carbocycles. The van der Waals surface area contributed by atoms with Crippen molar-refractivity contribution in [1.82, 2.24) is 25.2 Å². The van der Waals surface area contributed by atoms with Gasteiger partial charge in [-0.15, -0.1) is 5.10 Å². The summed E-state index contributed by atoms with van der Waals surface area (Å²) in [6, 6.07) is 15.8. The molecule has 0 radical (unpaired) electrons. The molecular weight excluding hydrogens is 790 g/mol. The van der Waals surface area contributed by atoms with Crippen LogP contribution in [0.5, 0.6) is 0 Å². The minimum absolute atomic E-state index is 0.0516. The normalized spacial score (nSPS) is 19.2. The van der Waals surface area contributed by atoms with Gasteiger partial charge in [-0.1, -0.05) is 53.7 Å². The van der Waals surface area contributed by atoms with Gasteiger partial charge in [-0.05, 0) is 22.3 Å². The minimum Gasteiger partial charge on any atom is -0.480 e. The van der Waals surface area contributed by atoms with Gasteiger partial charge in [-0.2, -0.15) is 0 Å². The van der Waals surface area contributed by atoms with Crippen LogP contribution in [0.15, 0.2) is 54.7 Å². The molecule has 5 rings (SSSR count). The molecule has 2 N–H and O–H groups in total. The first-order chi connectivity index (χ1) is 28.7. The van der Waals surface area contributed by atoms with Crippen molar-refractivity contribution in [2.45, 2.75) is 83.7 Å². The van der Waals surface area contributed by atoms with Gasteiger partial charge in [0.25, 0.3) is 0 Å². The van der Waals surface area contributed by atoms with Crippen LogP contribution in [0.1, 0.15) is 56.9 Å². The maximum absolute atomic E-state index is 13.1. The fourth-order valence-electron chi connectivity index (χ4n) is 6.95. The highest BCUT2D eigenvalue weighted by Gasteiger charge is 2.52. The summed E-state index contributed by atoms with van der Waals surface area (Å²) in [6.45, 7) is 3.42. The second-order valence-electron chi connectivity index (χ2n) is 13.9. The number of benzene rings is 2. The number of ether oxygens (including phenoxy) is 7. The van der Waals surface area contributed by atoms with Gasteiger partial charge in [-0.25, -0.2) is 9.48 Å². The van der Waals surface area contributed by atoms with Crippen molar-refractivity contribution >= 4 is 41.8 Å². The van der Waals surface area contributed by atoms with E-state index in [4.69, 9.17) is 33.2 Å². The van der Waals surface area contributed by atoms with Crippen LogP contribution in [0.4, 0.5) is 4.79 Å². The Hall–Kier alpha value is -6.41. The maximum atomic E-state index is 13.1. The summed E-state index contributed by atoms with van der Waals surface area (Å²) in [4.78, 5) is 86.1. The van der Waals surface area contributed by atoms with Gasteiger partial charge in [0.05, 0.1) is 18.8 Å². The number of esters is 4. The first kappa shape index (κ1) is 44.7. The smallest absolute Gasteiger partial charge is 0.407 e. The number of aromatic nitrogens is 3. The molecule has 60 heavy (non-hydrogen) atoms. The summed E-state index contributed by atoms with van der Waals surface area (Å²) in [5.74, 6) is -4.87. The molecule has 0 bridgehead atoms. The number of hydrogen-bond acceptors (Lipinski definition) is 16. The first-order valence-electron chi connectivity index (χ1n) is 19.1. The Morgan fingerprint density at radius 3 is 2.05 bits per heavy atom. The van der Waals surface area contributed by atoms with Crippen molar-refractivity contribution in [3.05, 3.63) is 71.5 Å². The zero-order valence-corrected chi connectivity index (χ0v) is 33.5. The summed E-state index contributed by atoms with van der Waals surface area (Å²) in [5.41, 5.74) is 4.69. The predicted molar refractivity (Wildman–Crippen MR) is 204 cm³/mol. The van der Waals surface area contributed by atoms with Crippen LogP contribution in [0.25, 0.3) is 11.1 Å². The highest BCUT2D eigenvalue weighted by Crippen LogP contribution is 2.44. The zero-order chi connectivity index (χ0) is 43.3. The van der Waals surface area contributed by atoms with Crippen LogP contribution in [0.2, 0.25) is 0 Å². The molecule has 1 fully saturated rings. The summed E-state index contributed by atoms with van der Waals surface area (Å²) >= 11 is 0. The van der Waals surface area contributed by atoms with Gasteiger partial charge in [0.15, 0.2) is 6.10 Å². The summed E-state index contributed by atoms with van der Waals surface area (Å²) in [6.07, 6.45) is -5.82. The van der Waals surface area contributed by atoms with Crippen molar-refractivity contribution in [2.75, 3.05) is 39.5 Å². The number of nitrogens with one attached hydrogen (secondary N) is 1. The lowest BCUT2D eigenvalue weighted by atomic mass is 9.98. The average Bonchev–Trinajstić information content (AvgIpc) is 3.78. The van der Waals surface area contributed by atoms with Crippen LogP contribution in [0.3, 0.4) is 0 Å². The van der Waals surface area contributed by atoms with Gasteiger partial charge in [0, 0.05) is 65.7 Å². The Bertz CT molecular complexity index is 1990. The zero-order valence-electron chi connectivity index (χ0n) is 33.5. The minimum atomic E-state index is -1.53. The fourth-order valence-corrected chi connectivity index (χ4v) is 6.95. The van der Waals surface area contributed by atoms with Crippen LogP contribution >= 0.6 is 0 Å². The number of hydrogen-bond donors (Lipinski definition) is 2. The number of fused-ring (bicyclic) bond motifs is 3. The quantitative estimate of drug-likeness (QED) is 0.129. The Kier molecular flexibility index (Phi) is 15.7. The molecule has 3 aromatic rings. The van der Waals surface area contributed by atoms with E-state index in [1.54, 1.807) is 6.20 Å². The van der Waals surface area contributed by atoms with Crippen LogP contribution in [-0.2, 0) is 74.9 Å². The van der Waals surface area contributed by atoms with E-state index in [1.807, 2.05) is 48.5 Å². The molecule has 0 unspecified atom stereocenters. The molecule has 1 aliphatic heterocycles. The van der Waals surface area contributed by atoms with E-state index >= 15 is 0 Å². The molecule has 20 nitrogen and oxygen atoms in total. The third-order valence-corrected chi connectivity index (χ3v) is 9.41. The number of rotatable bonds is 19. The monoisotopic (exact) mass is 837 g/mol. The third kappa shape index (κ3) is 12.3. The molecular formula is C40H47N5O15. The molecule has 1 aromatic heterocycles. The molecule has 1 saturated heterocycles. The highest BCUT2D eigenvalue weighted by molar-refractivity contribution is 5.82. The molecule has 5 atom stereocenters. The molecule has 0 saturated carbocycles. The Morgan fingerprint density at radius 1 is 0.800 bits per heavy atom. The molecule has 2 aliphatic rings. The highest BCUT2D eigenvalue weighted by atomic mass is 16.7. The number of carbonyl (C=O) groups is 7. The first-order valence-corrected chi connectivity index (χ1v) is 19.1. The van der Waals surface area contributed by atoms with Crippen LogP contribution < -0.4 is 5.32 Å². The van der Waals surface area contributed by atoms with Crippen molar-refractivity contribution in [3.63, 3.8) is 0 Å². The van der Waals surface area contributed by atoms with Crippen molar-refractivity contribution < 1.29 is 71.8 Å². The fraction of sp³-hybridized carbons (Fsp3) is 0.475. The van der Waals surface area contributed by atoms with Gasteiger partial charge < -0.3 is 48.5 Å². The number of carbonyl (C=O) groups excluding carboxylic acids is 6. The van der Waals surface area contributed by atoms with Gasteiger partial charge >= 0.3 is 35.9 Å². The van der Waals surface area contributed by atoms with E-state index in [0.717, 1.165) is 47.9 Å². The van der Waals surface area contributed by atoms with Gasteiger partial charge in [-0.3, -0.25) is 28.8 Å². The predicted octanol–water partition coefficient (Wildman–Crippen LogP) is 1.76. The molecule has 20 heteroatoms. The summed E-state index contributed by atoms with van der Waals surface area (Å²) < 4.78 is 39.9. The van der Waals surface area contributed by atoms with Crippen LogP contribution in [-0.4, -0.2) is 137 Å². The van der Waals surface area contributed by atoms with E-state index in [9.17, 15) is 38.7 Å². The number of nitrogens with zero attached hydrogens (tertiary/aromatic N) is 4. The topological polar surface area (TPSA) is 250 Å². The van der Waals surface area contributed by atoms with Gasteiger partial charge in [0.1, 0.15) is 32.0 Å².